The molecule has 0 radical (unpaired) electrons. The fourth-order valence-electron chi connectivity index (χ4n) is 2.58. The van der Waals surface area contributed by atoms with Crippen LogP contribution >= 0.6 is 0 Å². The minimum Gasteiger partial charge on any atom is -0.493 e. The van der Waals surface area contributed by atoms with E-state index in [1.54, 1.807) is 0 Å². The Bertz CT molecular complexity index is 565. The molecular weight excluding hydrogens is 256 g/mol. The molecule has 2 heterocycles. The maximum Gasteiger partial charge on any atom is 0.176 e. The van der Waals surface area contributed by atoms with Gasteiger partial charge in [-0.25, -0.2) is 0 Å². The number of nitriles is 1. The van der Waals surface area contributed by atoms with Gasteiger partial charge in [0.25, 0.3) is 0 Å². The number of benzene rings is 1. The van der Waals surface area contributed by atoms with E-state index in [1.807, 2.05) is 23.1 Å². The lowest BCUT2D eigenvalue weighted by atomic mass is 10.0. The number of carbonyl (C=O) groups excluding carboxylic acids is 1. The van der Waals surface area contributed by atoms with Crippen molar-refractivity contribution >= 4 is 5.78 Å². The summed E-state index contributed by atoms with van der Waals surface area (Å²) in [6.45, 7) is 2.72. The molecule has 5 heteroatoms. The topological polar surface area (TPSA) is 62.6 Å². The second-order valence-corrected chi connectivity index (χ2v) is 5.07. The van der Waals surface area contributed by atoms with E-state index in [1.165, 1.54) is 0 Å². The van der Waals surface area contributed by atoms with Crippen LogP contribution in [-0.2, 0) is 11.2 Å². The Kier molecular flexibility index (Phi) is 3.68. The lowest BCUT2D eigenvalue weighted by molar-refractivity contribution is 0.00241. The van der Waals surface area contributed by atoms with Crippen molar-refractivity contribution in [3.63, 3.8) is 0 Å². The second kappa shape index (κ2) is 5.61. The van der Waals surface area contributed by atoms with Gasteiger partial charge < -0.3 is 9.47 Å². The lowest BCUT2D eigenvalue weighted by Crippen LogP contribution is -2.44. The number of nitrogens with zero attached hydrogens (tertiary/aromatic N) is 2. The quantitative estimate of drug-likeness (QED) is 0.769. The van der Waals surface area contributed by atoms with Crippen molar-refractivity contribution in [3.05, 3.63) is 29.3 Å². The lowest BCUT2D eigenvalue weighted by Gasteiger charge is -2.28. The number of carbonyl (C=O) groups is 1. The second-order valence-electron chi connectivity index (χ2n) is 5.07. The van der Waals surface area contributed by atoms with Crippen LogP contribution < -0.4 is 4.74 Å². The maximum absolute atomic E-state index is 12.3. The Balaban J connectivity index is 1.66. The van der Waals surface area contributed by atoms with E-state index >= 15 is 0 Å². The highest BCUT2D eigenvalue weighted by molar-refractivity contribution is 5.98. The van der Waals surface area contributed by atoms with E-state index in [2.05, 4.69) is 6.07 Å². The summed E-state index contributed by atoms with van der Waals surface area (Å²) in [4.78, 5) is 14.3. The van der Waals surface area contributed by atoms with Gasteiger partial charge >= 0.3 is 0 Å². The monoisotopic (exact) mass is 272 g/mol. The van der Waals surface area contributed by atoms with Crippen molar-refractivity contribution in [2.45, 2.75) is 12.5 Å². The molecule has 3 rings (SSSR count). The molecule has 20 heavy (non-hydrogen) atoms. The van der Waals surface area contributed by atoms with Crippen molar-refractivity contribution in [1.82, 2.24) is 4.90 Å². The summed E-state index contributed by atoms with van der Waals surface area (Å²) in [6.07, 6.45) is 0.440. The molecule has 0 saturated carbocycles. The van der Waals surface area contributed by atoms with Crippen molar-refractivity contribution < 1.29 is 14.3 Å². The number of ether oxygens (including phenoxy) is 2. The predicted octanol–water partition coefficient (Wildman–Crippen LogP) is 1.03. The zero-order valence-electron chi connectivity index (χ0n) is 11.2. The van der Waals surface area contributed by atoms with Crippen LogP contribution in [0.1, 0.15) is 15.9 Å². The number of ketones is 1. The Morgan fingerprint density at radius 3 is 3.20 bits per heavy atom. The first-order chi connectivity index (χ1) is 9.76. The number of hydrogen-bond acceptors (Lipinski definition) is 5. The van der Waals surface area contributed by atoms with Gasteiger partial charge in [-0.2, -0.15) is 5.26 Å². The molecule has 1 fully saturated rings. The van der Waals surface area contributed by atoms with Gasteiger partial charge in [0.05, 0.1) is 25.8 Å². The molecule has 104 valence electrons. The number of rotatable bonds is 3. The first-order valence-corrected chi connectivity index (χ1v) is 6.79. The van der Waals surface area contributed by atoms with E-state index < -0.39 is 6.10 Å². The summed E-state index contributed by atoms with van der Waals surface area (Å²) in [5, 5.41) is 8.87. The first-order valence-electron chi connectivity index (χ1n) is 6.79. The van der Waals surface area contributed by atoms with Crippen LogP contribution in [0.4, 0.5) is 0 Å². The van der Waals surface area contributed by atoms with Gasteiger partial charge in [0.2, 0.25) is 0 Å². The average molecular weight is 272 g/mol. The molecule has 1 aromatic rings. The summed E-state index contributed by atoms with van der Waals surface area (Å²) in [7, 11) is 0. The summed E-state index contributed by atoms with van der Waals surface area (Å²) in [5.41, 5.74) is 1.82. The molecule has 0 N–H and O–H groups in total. The third-order valence-corrected chi connectivity index (χ3v) is 3.67. The fourth-order valence-corrected chi connectivity index (χ4v) is 2.58. The first kappa shape index (κ1) is 13.1. The third kappa shape index (κ3) is 2.67. The van der Waals surface area contributed by atoms with Crippen LogP contribution in [0.25, 0.3) is 0 Å². The van der Waals surface area contributed by atoms with E-state index in [-0.39, 0.29) is 5.78 Å². The van der Waals surface area contributed by atoms with E-state index in [0.717, 1.165) is 17.7 Å². The highest BCUT2D eigenvalue weighted by atomic mass is 16.5. The molecule has 1 unspecified atom stereocenters. The third-order valence-electron chi connectivity index (χ3n) is 3.67. The van der Waals surface area contributed by atoms with Gasteiger partial charge in [-0.15, -0.1) is 0 Å². The number of hydrogen-bond donors (Lipinski definition) is 0. The standard InChI is InChI=1S/C15H16N2O3/c16-8-13-9-17(4-6-19-13)10-14(18)11-1-2-15-12(7-11)3-5-20-15/h1-2,7,13H,3-6,9-10H2. The molecule has 2 aliphatic heterocycles. The van der Waals surface area contributed by atoms with Gasteiger partial charge in [-0.1, -0.05) is 0 Å². The number of fused-ring (bicyclic) bond motifs is 1. The molecule has 0 bridgehead atoms. The Labute approximate surface area is 117 Å². The van der Waals surface area contributed by atoms with Gasteiger partial charge in [0.1, 0.15) is 5.75 Å². The molecule has 0 spiro atoms. The zero-order valence-corrected chi connectivity index (χ0v) is 11.2. The molecule has 1 atom stereocenters. The van der Waals surface area contributed by atoms with Crippen LogP contribution in [0.2, 0.25) is 0 Å². The van der Waals surface area contributed by atoms with Crippen LogP contribution in [0, 0.1) is 11.3 Å². The molecule has 0 aliphatic carbocycles. The minimum absolute atomic E-state index is 0.0817. The number of Topliss-reactive ketones (excluding diaryl/α,β-unsaturated/α-hetero) is 1. The molecule has 5 nitrogen and oxygen atoms in total. The van der Waals surface area contributed by atoms with Gasteiger partial charge in [-0.05, 0) is 23.8 Å². The highest BCUT2D eigenvalue weighted by Gasteiger charge is 2.23. The molecule has 2 aliphatic rings. The van der Waals surface area contributed by atoms with Crippen molar-refractivity contribution in [2.75, 3.05) is 32.8 Å². The van der Waals surface area contributed by atoms with Crippen LogP contribution in [0.15, 0.2) is 18.2 Å². The molecule has 1 saturated heterocycles. The number of morpholine rings is 1. The van der Waals surface area contributed by atoms with E-state index in [0.29, 0.717) is 38.4 Å². The molecule has 0 amide bonds. The van der Waals surface area contributed by atoms with Crippen molar-refractivity contribution in [1.29, 1.82) is 5.26 Å². The highest BCUT2D eigenvalue weighted by Crippen LogP contribution is 2.26. The summed E-state index contributed by atoms with van der Waals surface area (Å²) >= 11 is 0. The normalized spacial score (nSPS) is 21.9. The average Bonchev–Trinajstić information content (AvgIpc) is 2.94. The van der Waals surface area contributed by atoms with Gasteiger partial charge in [0.15, 0.2) is 11.9 Å². The predicted molar refractivity (Wildman–Crippen MR) is 71.8 cm³/mol. The van der Waals surface area contributed by atoms with Crippen LogP contribution in [0.5, 0.6) is 5.75 Å². The SMILES string of the molecule is N#CC1CN(CC(=O)c2ccc3c(c2)CCO3)CCO1. The fraction of sp³-hybridized carbons (Fsp3) is 0.467. The van der Waals surface area contributed by atoms with E-state index in [9.17, 15) is 4.79 Å². The summed E-state index contributed by atoms with van der Waals surface area (Å²) < 4.78 is 10.7. The largest absolute Gasteiger partial charge is 0.493 e. The van der Waals surface area contributed by atoms with Gasteiger partial charge in [-0.3, -0.25) is 9.69 Å². The zero-order chi connectivity index (χ0) is 13.9. The molecule has 1 aromatic carbocycles. The Hall–Kier alpha value is -1.90. The smallest absolute Gasteiger partial charge is 0.176 e. The van der Waals surface area contributed by atoms with Crippen molar-refractivity contribution in [2.24, 2.45) is 0 Å². The molecule has 0 aromatic heterocycles. The summed E-state index contributed by atoms with van der Waals surface area (Å²) in [6, 6.07) is 7.69. The van der Waals surface area contributed by atoms with E-state index in [4.69, 9.17) is 14.7 Å². The van der Waals surface area contributed by atoms with Crippen LogP contribution in [-0.4, -0.2) is 49.6 Å². The maximum atomic E-state index is 12.3. The van der Waals surface area contributed by atoms with Crippen LogP contribution in [0.3, 0.4) is 0 Å². The molecular formula is C15H16N2O3. The minimum atomic E-state index is -0.426. The Morgan fingerprint density at radius 1 is 1.45 bits per heavy atom. The Morgan fingerprint density at radius 2 is 2.35 bits per heavy atom. The summed E-state index contributed by atoms with van der Waals surface area (Å²) in [5.74, 6) is 0.968. The van der Waals surface area contributed by atoms with Gasteiger partial charge in [0, 0.05) is 25.1 Å². The van der Waals surface area contributed by atoms with Crippen molar-refractivity contribution in [3.8, 4) is 11.8 Å².